The van der Waals surface area contributed by atoms with E-state index in [0.717, 1.165) is 33.3 Å². The Hall–Kier alpha value is -2.06. The van der Waals surface area contributed by atoms with Crippen molar-refractivity contribution >= 4 is 10.8 Å². The molecule has 1 unspecified atom stereocenters. The normalized spacial score (nSPS) is 12.8. The fourth-order valence-corrected chi connectivity index (χ4v) is 2.79. The minimum atomic E-state index is -0.617. The molecular formula is C18H19NO. The van der Waals surface area contributed by atoms with Gasteiger partial charge in [0.25, 0.3) is 0 Å². The largest absolute Gasteiger partial charge is 0.382 e. The highest BCUT2D eigenvalue weighted by Gasteiger charge is 2.19. The van der Waals surface area contributed by atoms with Gasteiger partial charge in [-0.2, -0.15) is 0 Å². The van der Waals surface area contributed by atoms with Crippen molar-refractivity contribution in [1.82, 2.24) is 4.98 Å². The molecule has 1 heterocycles. The number of rotatable bonds is 2. The van der Waals surface area contributed by atoms with E-state index < -0.39 is 6.10 Å². The molecule has 0 radical (unpaired) electrons. The molecule has 1 atom stereocenters. The first-order chi connectivity index (χ1) is 9.59. The summed E-state index contributed by atoms with van der Waals surface area (Å²) >= 11 is 0. The number of aliphatic hydroxyl groups is 1. The lowest BCUT2D eigenvalue weighted by Crippen LogP contribution is -2.03. The van der Waals surface area contributed by atoms with Crippen LogP contribution in [-0.2, 0) is 0 Å². The van der Waals surface area contributed by atoms with Crippen molar-refractivity contribution in [3.8, 4) is 0 Å². The molecule has 1 aromatic heterocycles. The van der Waals surface area contributed by atoms with Gasteiger partial charge >= 0.3 is 0 Å². The van der Waals surface area contributed by atoms with E-state index in [-0.39, 0.29) is 0 Å². The second kappa shape index (κ2) is 4.80. The van der Waals surface area contributed by atoms with Crippen molar-refractivity contribution in [2.45, 2.75) is 26.9 Å². The number of aromatic nitrogens is 1. The van der Waals surface area contributed by atoms with Crippen LogP contribution in [-0.4, -0.2) is 10.1 Å². The minimum Gasteiger partial charge on any atom is -0.382 e. The van der Waals surface area contributed by atoms with E-state index in [0.29, 0.717) is 0 Å². The van der Waals surface area contributed by atoms with Gasteiger partial charge in [0.15, 0.2) is 0 Å². The lowest BCUT2D eigenvalue weighted by atomic mass is 9.97. The molecule has 0 bridgehead atoms. The standard InChI is InChI=1S/C18H19NO/c1-11-12(2)17(19-13(11)3)18(20)16-10-6-8-14-7-4-5-9-15(14)16/h4-10,18-20H,1-3H3. The highest BCUT2D eigenvalue weighted by Crippen LogP contribution is 2.31. The average molecular weight is 265 g/mol. The maximum absolute atomic E-state index is 10.8. The van der Waals surface area contributed by atoms with Gasteiger partial charge in [-0.05, 0) is 48.2 Å². The molecule has 0 aliphatic rings. The molecule has 20 heavy (non-hydrogen) atoms. The van der Waals surface area contributed by atoms with Crippen LogP contribution in [0.4, 0.5) is 0 Å². The predicted octanol–water partition coefficient (Wildman–Crippen LogP) is 4.17. The Morgan fingerprint density at radius 3 is 2.30 bits per heavy atom. The molecule has 0 spiro atoms. The zero-order chi connectivity index (χ0) is 14.3. The van der Waals surface area contributed by atoms with Crippen molar-refractivity contribution in [2.75, 3.05) is 0 Å². The molecular weight excluding hydrogens is 246 g/mol. The number of aryl methyl sites for hydroxylation is 1. The third-order valence-electron chi connectivity index (χ3n) is 4.24. The molecule has 2 heteroatoms. The van der Waals surface area contributed by atoms with E-state index in [4.69, 9.17) is 0 Å². The van der Waals surface area contributed by atoms with Crippen molar-refractivity contribution in [3.63, 3.8) is 0 Å². The van der Waals surface area contributed by atoms with Crippen LogP contribution in [0, 0.1) is 20.8 Å². The molecule has 3 rings (SSSR count). The second-order valence-corrected chi connectivity index (χ2v) is 5.38. The summed E-state index contributed by atoms with van der Waals surface area (Å²) in [5.41, 5.74) is 5.34. The summed E-state index contributed by atoms with van der Waals surface area (Å²) in [5, 5.41) is 13.0. The molecule has 2 aromatic carbocycles. The van der Waals surface area contributed by atoms with E-state index >= 15 is 0 Å². The zero-order valence-corrected chi connectivity index (χ0v) is 12.1. The number of aliphatic hydroxyl groups excluding tert-OH is 1. The van der Waals surface area contributed by atoms with E-state index in [2.05, 4.69) is 37.0 Å². The lowest BCUT2D eigenvalue weighted by molar-refractivity contribution is 0.216. The molecule has 0 saturated heterocycles. The smallest absolute Gasteiger partial charge is 0.120 e. The van der Waals surface area contributed by atoms with Crippen molar-refractivity contribution in [1.29, 1.82) is 0 Å². The quantitative estimate of drug-likeness (QED) is 0.716. The number of H-pyrrole nitrogens is 1. The molecule has 0 saturated carbocycles. The summed E-state index contributed by atoms with van der Waals surface area (Å²) in [7, 11) is 0. The van der Waals surface area contributed by atoms with Crippen LogP contribution in [0.1, 0.15) is 34.2 Å². The van der Waals surface area contributed by atoms with E-state index in [1.807, 2.05) is 31.2 Å². The number of benzene rings is 2. The Morgan fingerprint density at radius 2 is 1.60 bits per heavy atom. The number of hydrogen-bond donors (Lipinski definition) is 2. The highest BCUT2D eigenvalue weighted by molar-refractivity contribution is 5.86. The summed E-state index contributed by atoms with van der Waals surface area (Å²) in [5.74, 6) is 0. The fourth-order valence-electron chi connectivity index (χ4n) is 2.79. The van der Waals surface area contributed by atoms with Crippen LogP contribution in [0.3, 0.4) is 0 Å². The average Bonchev–Trinajstić information content (AvgIpc) is 2.73. The lowest BCUT2D eigenvalue weighted by Gasteiger charge is -2.14. The molecule has 102 valence electrons. The Bertz CT molecular complexity index is 765. The number of nitrogens with one attached hydrogen (secondary N) is 1. The Morgan fingerprint density at radius 1 is 0.900 bits per heavy atom. The molecule has 0 aliphatic carbocycles. The maximum atomic E-state index is 10.8. The molecule has 0 fully saturated rings. The van der Waals surface area contributed by atoms with E-state index in [1.165, 1.54) is 5.56 Å². The van der Waals surface area contributed by atoms with Crippen LogP contribution < -0.4 is 0 Å². The molecule has 2 N–H and O–H groups in total. The van der Waals surface area contributed by atoms with Gasteiger partial charge < -0.3 is 10.1 Å². The maximum Gasteiger partial charge on any atom is 0.120 e. The molecule has 0 aliphatic heterocycles. The summed E-state index contributed by atoms with van der Waals surface area (Å²) in [6, 6.07) is 14.2. The SMILES string of the molecule is Cc1[nH]c(C(O)c2cccc3ccccc23)c(C)c1C. The summed E-state index contributed by atoms with van der Waals surface area (Å²) in [6.07, 6.45) is -0.617. The highest BCUT2D eigenvalue weighted by atomic mass is 16.3. The van der Waals surface area contributed by atoms with Gasteiger partial charge in [-0.1, -0.05) is 42.5 Å². The van der Waals surface area contributed by atoms with Crippen LogP contribution >= 0.6 is 0 Å². The number of fused-ring (bicyclic) bond motifs is 1. The van der Waals surface area contributed by atoms with Gasteiger partial charge in [0, 0.05) is 5.69 Å². The first kappa shape index (κ1) is 12.9. The number of hydrogen-bond acceptors (Lipinski definition) is 1. The first-order valence-electron chi connectivity index (χ1n) is 6.91. The third kappa shape index (κ3) is 1.93. The third-order valence-corrected chi connectivity index (χ3v) is 4.24. The van der Waals surface area contributed by atoms with Crippen LogP contribution in [0.15, 0.2) is 42.5 Å². The monoisotopic (exact) mass is 265 g/mol. The molecule has 0 amide bonds. The Labute approximate surface area is 119 Å². The van der Waals surface area contributed by atoms with Crippen molar-refractivity contribution in [2.24, 2.45) is 0 Å². The van der Waals surface area contributed by atoms with Gasteiger partial charge in [0.2, 0.25) is 0 Å². The van der Waals surface area contributed by atoms with Crippen molar-refractivity contribution < 1.29 is 5.11 Å². The van der Waals surface area contributed by atoms with Crippen molar-refractivity contribution in [3.05, 3.63) is 70.5 Å². The Balaban J connectivity index is 2.17. The summed E-state index contributed by atoms with van der Waals surface area (Å²) < 4.78 is 0. The summed E-state index contributed by atoms with van der Waals surface area (Å²) in [6.45, 7) is 6.19. The summed E-state index contributed by atoms with van der Waals surface area (Å²) in [4.78, 5) is 3.33. The van der Waals surface area contributed by atoms with Gasteiger partial charge in [0.05, 0.1) is 5.69 Å². The predicted molar refractivity (Wildman–Crippen MR) is 83.0 cm³/mol. The topological polar surface area (TPSA) is 36.0 Å². The molecule has 3 aromatic rings. The van der Waals surface area contributed by atoms with Crippen LogP contribution in [0.25, 0.3) is 10.8 Å². The number of aromatic amines is 1. The van der Waals surface area contributed by atoms with Gasteiger partial charge in [-0.25, -0.2) is 0 Å². The van der Waals surface area contributed by atoms with Gasteiger partial charge in [-0.15, -0.1) is 0 Å². The first-order valence-corrected chi connectivity index (χ1v) is 6.91. The molecule has 2 nitrogen and oxygen atoms in total. The Kier molecular flexibility index (Phi) is 3.11. The van der Waals surface area contributed by atoms with Gasteiger partial charge in [-0.3, -0.25) is 0 Å². The second-order valence-electron chi connectivity index (χ2n) is 5.38. The van der Waals surface area contributed by atoms with Gasteiger partial charge in [0.1, 0.15) is 6.10 Å². The minimum absolute atomic E-state index is 0.617. The van der Waals surface area contributed by atoms with Crippen LogP contribution in [0.5, 0.6) is 0 Å². The van der Waals surface area contributed by atoms with E-state index in [9.17, 15) is 5.11 Å². The van der Waals surface area contributed by atoms with Crippen LogP contribution in [0.2, 0.25) is 0 Å². The van der Waals surface area contributed by atoms with E-state index in [1.54, 1.807) is 0 Å². The fraction of sp³-hybridized carbons (Fsp3) is 0.222. The zero-order valence-electron chi connectivity index (χ0n) is 12.1.